The van der Waals surface area contributed by atoms with E-state index in [4.69, 9.17) is 9.97 Å². The second-order valence-corrected chi connectivity index (χ2v) is 9.73. The number of nitrogens with zero attached hydrogens (tertiary/aromatic N) is 3. The molecule has 0 saturated heterocycles. The summed E-state index contributed by atoms with van der Waals surface area (Å²) in [6, 6.07) is 11.5. The summed E-state index contributed by atoms with van der Waals surface area (Å²) in [5.41, 5.74) is 4.78. The van der Waals surface area contributed by atoms with Crippen LogP contribution in [0.15, 0.2) is 41.8 Å². The molecule has 34 heavy (non-hydrogen) atoms. The molecule has 4 rings (SSSR count). The average Bonchev–Trinajstić information content (AvgIpc) is 3.30. The van der Waals surface area contributed by atoms with Crippen molar-refractivity contribution in [3.63, 3.8) is 0 Å². The normalized spacial score (nSPS) is 13.6. The molecule has 1 amide bonds. The fourth-order valence-corrected chi connectivity index (χ4v) is 5.18. The molecule has 0 spiro atoms. The fourth-order valence-electron chi connectivity index (χ4n) is 4.19. The second-order valence-electron chi connectivity index (χ2n) is 8.84. The van der Waals surface area contributed by atoms with Crippen molar-refractivity contribution in [2.24, 2.45) is 0 Å². The summed E-state index contributed by atoms with van der Waals surface area (Å²) in [6.45, 7) is 0.983. The topological polar surface area (TPSA) is 95.4 Å². The van der Waals surface area contributed by atoms with Crippen molar-refractivity contribution in [1.82, 2.24) is 14.9 Å². The van der Waals surface area contributed by atoms with Gasteiger partial charge in [-0.05, 0) is 61.4 Å². The summed E-state index contributed by atoms with van der Waals surface area (Å²) in [5.74, 6) is -0.271. The van der Waals surface area contributed by atoms with Gasteiger partial charge in [-0.1, -0.05) is 18.2 Å². The first-order valence-corrected chi connectivity index (χ1v) is 12.5. The number of fused-ring (bicyclic) bond motifs is 1. The number of aromatic nitrogens is 2. The first-order chi connectivity index (χ1) is 16.4. The number of nitrogens with one attached hydrogen (secondary N) is 1. The molecule has 1 aliphatic rings. The van der Waals surface area contributed by atoms with Gasteiger partial charge in [-0.25, -0.2) is 9.97 Å². The quantitative estimate of drug-likeness (QED) is 0.474. The number of carboxylic acids is 1. The van der Waals surface area contributed by atoms with Crippen LogP contribution in [0.5, 0.6) is 0 Å². The summed E-state index contributed by atoms with van der Waals surface area (Å²) >= 11 is 1.50. The van der Waals surface area contributed by atoms with Gasteiger partial charge < -0.3 is 15.3 Å². The van der Waals surface area contributed by atoms with Crippen LogP contribution in [0.25, 0.3) is 0 Å². The third-order valence-electron chi connectivity index (χ3n) is 6.03. The molecule has 0 aliphatic carbocycles. The van der Waals surface area contributed by atoms with Gasteiger partial charge in [0.05, 0.1) is 12.1 Å². The number of pyridine rings is 1. The number of thiazole rings is 1. The molecule has 1 atom stereocenters. The van der Waals surface area contributed by atoms with E-state index < -0.39 is 5.97 Å². The van der Waals surface area contributed by atoms with Crippen LogP contribution in [0, 0.1) is 0 Å². The van der Waals surface area contributed by atoms with Crippen molar-refractivity contribution in [1.29, 1.82) is 0 Å². The zero-order valence-electron chi connectivity index (χ0n) is 19.6. The van der Waals surface area contributed by atoms with Gasteiger partial charge in [-0.15, -0.1) is 11.3 Å². The van der Waals surface area contributed by atoms with Gasteiger partial charge in [0.25, 0.3) is 5.91 Å². The van der Waals surface area contributed by atoms with Crippen molar-refractivity contribution in [2.45, 2.75) is 44.4 Å². The van der Waals surface area contributed by atoms with Gasteiger partial charge in [-0.2, -0.15) is 0 Å². The standard InChI is InChI=1S/C26H30N4O3S/c1-30(2)26(33)19-10-8-17(9-11-19)22(15-23(31)32)25-29-21(16-34-25)7-3-6-20-13-12-18-5-4-14-27-24(18)28-20/h8-13,16,22H,3-7,14-15H2,1-2H3,(H,27,28)(H,31,32)/t22-/m0/s1. The Morgan fingerprint density at radius 3 is 2.59 bits per heavy atom. The molecule has 3 aromatic rings. The SMILES string of the molecule is CN(C)C(=O)c1ccc([C@H](CC(=O)O)c2nc(CCCc3ccc4c(n3)NCCC4)cs2)cc1. The first-order valence-electron chi connectivity index (χ1n) is 11.6. The minimum atomic E-state index is -0.873. The number of aliphatic carboxylic acids is 1. The molecular weight excluding hydrogens is 448 g/mol. The smallest absolute Gasteiger partial charge is 0.304 e. The Bertz CT molecular complexity index is 1160. The third-order valence-corrected chi connectivity index (χ3v) is 7.04. The van der Waals surface area contributed by atoms with Crippen molar-refractivity contribution in [2.75, 3.05) is 26.0 Å². The van der Waals surface area contributed by atoms with Gasteiger partial charge >= 0.3 is 5.97 Å². The number of carbonyl (C=O) groups is 2. The number of amides is 1. The Morgan fingerprint density at radius 1 is 1.09 bits per heavy atom. The van der Waals surface area contributed by atoms with E-state index in [2.05, 4.69) is 17.4 Å². The number of benzene rings is 1. The highest BCUT2D eigenvalue weighted by Crippen LogP contribution is 2.31. The second kappa shape index (κ2) is 10.8. The highest BCUT2D eigenvalue weighted by atomic mass is 32.1. The van der Waals surface area contributed by atoms with E-state index in [1.54, 1.807) is 26.2 Å². The van der Waals surface area contributed by atoms with E-state index in [-0.39, 0.29) is 18.2 Å². The average molecular weight is 479 g/mol. The molecule has 0 unspecified atom stereocenters. The largest absolute Gasteiger partial charge is 0.481 e. The van der Waals surface area contributed by atoms with E-state index in [0.29, 0.717) is 5.56 Å². The Kier molecular flexibility index (Phi) is 7.57. The lowest BCUT2D eigenvalue weighted by Gasteiger charge is -2.17. The van der Waals surface area contributed by atoms with E-state index >= 15 is 0 Å². The molecule has 178 valence electrons. The van der Waals surface area contributed by atoms with Crippen molar-refractivity contribution < 1.29 is 14.7 Å². The fraction of sp³-hybridized carbons (Fsp3) is 0.385. The molecule has 0 saturated carbocycles. The lowest BCUT2D eigenvalue weighted by atomic mass is 9.95. The van der Waals surface area contributed by atoms with Crippen LogP contribution in [0.3, 0.4) is 0 Å². The molecule has 7 nitrogen and oxygen atoms in total. The lowest BCUT2D eigenvalue weighted by molar-refractivity contribution is -0.137. The summed E-state index contributed by atoms with van der Waals surface area (Å²) in [4.78, 5) is 34.8. The van der Waals surface area contributed by atoms with Crippen LogP contribution < -0.4 is 5.32 Å². The van der Waals surface area contributed by atoms with Gasteiger partial charge in [0.2, 0.25) is 0 Å². The number of aryl methyl sites for hydroxylation is 3. The van der Waals surface area contributed by atoms with Gasteiger partial charge in [0.15, 0.2) is 0 Å². The van der Waals surface area contributed by atoms with E-state index in [1.165, 1.54) is 21.8 Å². The zero-order chi connectivity index (χ0) is 24.1. The molecular formula is C26H30N4O3S. The van der Waals surface area contributed by atoms with Crippen LogP contribution >= 0.6 is 11.3 Å². The molecule has 0 fully saturated rings. The van der Waals surface area contributed by atoms with Crippen LogP contribution in [-0.2, 0) is 24.1 Å². The van der Waals surface area contributed by atoms with Crippen LogP contribution in [0.2, 0.25) is 0 Å². The highest BCUT2D eigenvalue weighted by Gasteiger charge is 2.22. The minimum Gasteiger partial charge on any atom is -0.481 e. The van der Waals surface area contributed by atoms with E-state index in [9.17, 15) is 14.7 Å². The Balaban J connectivity index is 1.41. The molecule has 8 heteroatoms. The maximum absolute atomic E-state index is 12.2. The van der Waals surface area contributed by atoms with Crippen LogP contribution in [-0.4, -0.2) is 52.5 Å². The minimum absolute atomic E-state index is 0.0417. The zero-order valence-corrected chi connectivity index (χ0v) is 20.4. The Hall–Kier alpha value is -3.26. The van der Waals surface area contributed by atoms with Gasteiger partial charge in [0.1, 0.15) is 10.8 Å². The van der Waals surface area contributed by atoms with Crippen molar-refractivity contribution in [3.05, 3.63) is 74.9 Å². The molecule has 1 aliphatic heterocycles. The lowest BCUT2D eigenvalue weighted by Crippen LogP contribution is -2.21. The van der Waals surface area contributed by atoms with Crippen molar-refractivity contribution in [3.8, 4) is 0 Å². The number of hydrogen-bond acceptors (Lipinski definition) is 6. The monoisotopic (exact) mass is 478 g/mol. The molecule has 2 N–H and O–H groups in total. The summed E-state index contributed by atoms with van der Waals surface area (Å²) < 4.78 is 0. The maximum Gasteiger partial charge on any atom is 0.304 e. The van der Waals surface area contributed by atoms with Crippen LogP contribution in [0.1, 0.15) is 63.1 Å². The van der Waals surface area contributed by atoms with Gasteiger partial charge in [0, 0.05) is 43.2 Å². The Morgan fingerprint density at radius 2 is 1.85 bits per heavy atom. The molecule has 2 aromatic heterocycles. The number of anilines is 1. The summed E-state index contributed by atoms with van der Waals surface area (Å²) in [7, 11) is 3.41. The van der Waals surface area contributed by atoms with E-state index in [0.717, 1.165) is 66.4 Å². The summed E-state index contributed by atoms with van der Waals surface area (Å²) in [5, 5.41) is 15.7. The number of rotatable bonds is 9. The maximum atomic E-state index is 12.2. The van der Waals surface area contributed by atoms with E-state index in [1.807, 2.05) is 17.5 Å². The highest BCUT2D eigenvalue weighted by molar-refractivity contribution is 7.09. The Labute approximate surface area is 203 Å². The number of carboxylic acid groups (broad SMARTS) is 1. The summed E-state index contributed by atoms with van der Waals surface area (Å²) in [6.07, 6.45) is 4.82. The molecule has 3 heterocycles. The third kappa shape index (κ3) is 5.80. The van der Waals surface area contributed by atoms with Crippen molar-refractivity contribution >= 4 is 29.0 Å². The molecule has 1 aromatic carbocycles. The molecule has 0 bridgehead atoms. The van der Waals surface area contributed by atoms with Crippen LogP contribution in [0.4, 0.5) is 5.82 Å². The predicted molar refractivity (Wildman–Crippen MR) is 134 cm³/mol. The molecule has 0 radical (unpaired) electrons. The van der Waals surface area contributed by atoms with Gasteiger partial charge in [-0.3, -0.25) is 9.59 Å². The predicted octanol–water partition coefficient (Wildman–Crippen LogP) is 4.38. The number of carbonyl (C=O) groups excluding carboxylic acids is 1. The number of hydrogen-bond donors (Lipinski definition) is 2. The first kappa shape index (κ1) is 23.9.